The van der Waals surface area contributed by atoms with E-state index in [4.69, 9.17) is 23.2 Å². The highest BCUT2D eigenvalue weighted by Crippen LogP contribution is 2.50. The molecule has 0 spiro atoms. The van der Waals surface area contributed by atoms with E-state index in [1.54, 1.807) is 20.5 Å². The van der Waals surface area contributed by atoms with E-state index >= 15 is 0 Å². The first-order valence-corrected chi connectivity index (χ1v) is 15.5. The smallest absolute Gasteiger partial charge is 0.467 e. The minimum absolute atomic E-state index is 0.436. The zero-order valence-corrected chi connectivity index (χ0v) is 25.9. The van der Waals surface area contributed by atoms with Crippen LogP contribution in [0.15, 0.2) is 138 Å². The lowest BCUT2D eigenvalue weighted by Gasteiger charge is -2.46. The van der Waals surface area contributed by atoms with E-state index in [9.17, 15) is 5.11 Å². The first-order valence-electron chi connectivity index (χ1n) is 15.5. The predicted molar refractivity (Wildman–Crippen MR) is 175 cm³/mol. The van der Waals surface area contributed by atoms with Gasteiger partial charge in [-0.25, -0.2) is 0 Å². The van der Waals surface area contributed by atoms with Gasteiger partial charge in [0, 0.05) is 19.7 Å². The highest BCUT2D eigenvalue weighted by Gasteiger charge is 2.62. The number of furan rings is 1. The van der Waals surface area contributed by atoms with Crippen molar-refractivity contribution in [2.75, 3.05) is 14.2 Å². The molecule has 6 nitrogen and oxygen atoms in total. The van der Waals surface area contributed by atoms with Crippen molar-refractivity contribution in [2.24, 2.45) is 0 Å². The maximum Gasteiger partial charge on any atom is 0.498 e. The first-order chi connectivity index (χ1) is 22.1. The average Bonchev–Trinajstić information content (AvgIpc) is 3.77. The van der Waals surface area contributed by atoms with Crippen LogP contribution in [0.3, 0.4) is 0 Å². The molecule has 7 heteroatoms. The molecule has 0 unspecified atom stereocenters. The van der Waals surface area contributed by atoms with E-state index in [1.807, 2.05) is 85.8 Å². The molecule has 45 heavy (non-hydrogen) atoms. The lowest BCUT2D eigenvalue weighted by molar-refractivity contribution is -0.136. The number of methoxy groups -OCH3 is 2. The van der Waals surface area contributed by atoms with E-state index < -0.39 is 36.6 Å². The van der Waals surface area contributed by atoms with Crippen LogP contribution in [0.4, 0.5) is 0 Å². The van der Waals surface area contributed by atoms with Gasteiger partial charge in [-0.3, -0.25) is 0 Å². The topological polar surface area (TPSA) is 70.3 Å². The molecule has 0 amide bonds. The number of benzene rings is 4. The van der Waals surface area contributed by atoms with Gasteiger partial charge in [0.15, 0.2) is 0 Å². The molecule has 1 aliphatic heterocycles. The summed E-state index contributed by atoms with van der Waals surface area (Å²) in [4.78, 5) is 0. The third-order valence-electron chi connectivity index (χ3n) is 8.92. The number of ether oxygens (including phenoxy) is 2. The molecular formula is C38H39BO6. The molecule has 1 fully saturated rings. The summed E-state index contributed by atoms with van der Waals surface area (Å²) in [6, 6.07) is 42.2. The van der Waals surface area contributed by atoms with Crippen molar-refractivity contribution in [3.63, 3.8) is 0 Å². The van der Waals surface area contributed by atoms with E-state index in [0.717, 1.165) is 28.7 Å². The average molecular weight is 603 g/mol. The molecule has 0 bridgehead atoms. The Bertz CT molecular complexity index is 1450. The van der Waals surface area contributed by atoms with Gasteiger partial charge in [-0.2, -0.15) is 0 Å². The molecule has 2 heterocycles. The third kappa shape index (κ3) is 5.45. The molecule has 1 aliphatic rings. The lowest BCUT2D eigenvalue weighted by Crippen LogP contribution is -2.56. The van der Waals surface area contributed by atoms with Crippen LogP contribution in [0.2, 0.25) is 0 Å². The summed E-state index contributed by atoms with van der Waals surface area (Å²) in [5, 5.41) is 11.1. The fourth-order valence-electron chi connectivity index (χ4n) is 6.84. The lowest BCUT2D eigenvalue weighted by atomic mass is 9.71. The minimum Gasteiger partial charge on any atom is -0.467 e. The largest absolute Gasteiger partial charge is 0.498 e. The van der Waals surface area contributed by atoms with Crippen molar-refractivity contribution < 1.29 is 28.3 Å². The Balaban J connectivity index is 1.63. The second-order valence-electron chi connectivity index (χ2n) is 11.3. The van der Waals surface area contributed by atoms with Crippen LogP contribution < -0.4 is 5.46 Å². The molecule has 6 rings (SSSR count). The fraction of sp³-hybridized carbons (Fsp3) is 0.263. The third-order valence-corrected chi connectivity index (χ3v) is 8.92. The SMILES string of the molecule is CCC[C@H](O)c1occc1B1O[C@@H](C(OC)(c2ccccc2)c2ccccc2)[C@H](C(OC)(c2ccccc2)c2ccccc2)O1. The summed E-state index contributed by atoms with van der Waals surface area (Å²) in [5.41, 5.74) is 2.01. The molecule has 1 saturated heterocycles. The van der Waals surface area contributed by atoms with Crippen molar-refractivity contribution in [1.29, 1.82) is 0 Å². The Kier molecular flexibility index (Phi) is 9.36. The second kappa shape index (κ2) is 13.6. The van der Waals surface area contributed by atoms with Crippen molar-refractivity contribution in [3.8, 4) is 0 Å². The van der Waals surface area contributed by atoms with Crippen molar-refractivity contribution in [1.82, 2.24) is 0 Å². The van der Waals surface area contributed by atoms with Crippen LogP contribution in [0.1, 0.15) is 53.9 Å². The van der Waals surface area contributed by atoms with E-state index in [-0.39, 0.29) is 0 Å². The summed E-state index contributed by atoms with van der Waals surface area (Å²) in [6.07, 6.45) is 0.631. The van der Waals surface area contributed by atoms with Gasteiger partial charge in [-0.05, 0) is 34.7 Å². The van der Waals surface area contributed by atoms with Gasteiger partial charge in [-0.15, -0.1) is 0 Å². The van der Waals surface area contributed by atoms with Crippen LogP contribution in [-0.4, -0.2) is 38.7 Å². The first kappa shape index (κ1) is 31.0. The molecular weight excluding hydrogens is 563 g/mol. The van der Waals surface area contributed by atoms with E-state index in [0.29, 0.717) is 17.6 Å². The number of rotatable bonds is 12. The highest BCUT2D eigenvalue weighted by molar-refractivity contribution is 6.62. The van der Waals surface area contributed by atoms with Gasteiger partial charge < -0.3 is 28.3 Å². The quantitative estimate of drug-likeness (QED) is 0.159. The van der Waals surface area contributed by atoms with Gasteiger partial charge in [0.05, 0.1) is 6.26 Å². The number of aliphatic hydroxyl groups is 1. The summed E-state index contributed by atoms with van der Waals surface area (Å²) in [7, 11) is 2.53. The van der Waals surface area contributed by atoms with E-state index in [2.05, 4.69) is 48.5 Å². The molecule has 1 aromatic heterocycles. The monoisotopic (exact) mass is 602 g/mol. The van der Waals surface area contributed by atoms with Crippen LogP contribution >= 0.6 is 0 Å². The minimum atomic E-state index is -1.12. The van der Waals surface area contributed by atoms with Crippen LogP contribution in [0, 0.1) is 0 Å². The van der Waals surface area contributed by atoms with Crippen LogP contribution in [0.25, 0.3) is 0 Å². The molecule has 0 saturated carbocycles. The number of hydrogen-bond acceptors (Lipinski definition) is 6. The Morgan fingerprint density at radius 2 is 1.02 bits per heavy atom. The second-order valence-corrected chi connectivity index (χ2v) is 11.3. The standard InChI is InChI=1S/C38H39BO6/c1-4-17-33(40)34-32(26-27-43-34)39-44-35(37(41-2,28-18-9-5-10-19-28)29-20-11-6-12-21-29)36(45-39)38(42-3,30-22-13-7-14-23-30)31-24-15-8-16-25-31/h5-16,18-27,33,35-36,40H,4,17H2,1-3H3/t33-,35+,36+/m0/s1. The van der Waals surface area contributed by atoms with Crippen molar-refractivity contribution in [3.05, 3.63) is 162 Å². The Morgan fingerprint density at radius 3 is 1.36 bits per heavy atom. The van der Waals surface area contributed by atoms with Crippen LogP contribution in [-0.2, 0) is 30.0 Å². The van der Waals surface area contributed by atoms with Gasteiger partial charge in [0.25, 0.3) is 0 Å². The summed E-state index contributed by atoms with van der Waals surface area (Å²) in [5.74, 6) is 0.436. The normalized spacial score (nSPS) is 17.8. The fourth-order valence-corrected chi connectivity index (χ4v) is 6.84. The predicted octanol–water partition coefficient (Wildman–Crippen LogP) is 6.77. The molecule has 4 aromatic carbocycles. The molecule has 3 atom stereocenters. The molecule has 230 valence electrons. The molecule has 5 aromatic rings. The summed E-state index contributed by atoms with van der Waals surface area (Å²) < 4.78 is 33.4. The van der Waals surface area contributed by atoms with Crippen molar-refractivity contribution in [2.45, 2.75) is 49.3 Å². The van der Waals surface area contributed by atoms with Crippen molar-refractivity contribution >= 4 is 12.6 Å². The number of aliphatic hydroxyl groups excluding tert-OH is 1. The number of hydrogen-bond donors (Lipinski definition) is 1. The molecule has 0 radical (unpaired) electrons. The van der Waals surface area contributed by atoms with E-state index in [1.165, 1.54) is 0 Å². The van der Waals surface area contributed by atoms with Gasteiger partial charge in [0.1, 0.15) is 35.3 Å². The molecule has 0 aliphatic carbocycles. The Labute approximate surface area is 265 Å². The van der Waals surface area contributed by atoms with Crippen LogP contribution in [0.5, 0.6) is 0 Å². The maximum absolute atomic E-state index is 11.1. The summed E-state index contributed by atoms with van der Waals surface area (Å²) in [6.45, 7) is 2.03. The molecule has 1 N–H and O–H groups in total. The summed E-state index contributed by atoms with van der Waals surface area (Å²) >= 11 is 0. The zero-order chi connectivity index (χ0) is 31.3. The zero-order valence-electron chi connectivity index (χ0n) is 25.9. The Morgan fingerprint density at radius 1 is 0.644 bits per heavy atom. The highest BCUT2D eigenvalue weighted by atomic mass is 16.7. The van der Waals surface area contributed by atoms with Gasteiger partial charge in [-0.1, -0.05) is 135 Å². The van der Waals surface area contributed by atoms with Gasteiger partial charge >= 0.3 is 7.12 Å². The Hall–Kier alpha value is -3.98. The van der Waals surface area contributed by atoms with Gasteiger partial charge in [0.2, 0.25) is 0 Å². The maximum atomic E-state index is 11.1.